The van der Waals surface area contributed by atoms with Crippen LogP contribution in [-0.2, 0) is 4.79 Å². The molecule has 21 heavy (non-hydrogen) atoms. The quantitative estimate of drug-likeness (QED) is 0.500. The van der Waals surface area contributed by atoms with Crippen molar-refractivity contribution < 1.29 is 14.7 Å². The van der Waals surface area contributed by atoms with E-state index in [2.05, 4.69) is 5.29 Å². The number of carbonyl (C=O) groups is 2. The predicted octanol–water partition coefficient (Wildman–Crippen LogP) is 2.49. The lowest BCUT2D eigenvalue weighted by Crippen LogP contribution is -2.23. The second-order valence-corrected chi connectivity index (χ2v) is 4.28. The van der Waals surface area contributed by atoms with Crippen LogP contribution in [0.25, 0.3) is 0 Å². The van der Waals surface area contributed by atoms with E-state index < -0.39 is 12.5 Å². The number of rotatable bonds is 6. The largest absolute Gasteiger partial charge is 0.480 e. The molecule has 0 saturated heterocycles. The maximum atomic E-state index is 12.2. The van der Waals surface area contributed by atoms with Gasteiger partial charge in [-0.05, 0) is 24.3 Å². The van der Waals surface area contributed by atoms with Crippen molar-refractivity contribution in [3.8, 4) is 0 Å². The standard InChI is InChI=1S/C15H12N2O4/c18-14(19)10-17(16-21)13-8-6-12(7-9-13)15(20)11-4-2-1-3-5-11/h1-9H,10H2,(H,18,19). The van der Waals surface area contributed by atoms with Gasteiger partial charge in [-0.3, -0.25) is 9.59 Å². The van der Waals surface area contributed by atoms with E-state index >= 15 is 0 Å². The molecule has 0 bridgehead atoms. The van der Waals surface area contributed by atoms with Crippen molar-refractivity contribution in [2.75, 3.05) is 11.6 Å². The van der Waals surface area contributed by atoms with Crippen LogP contribution in [0.15, 0.2) is 59.9 Å². The van der Waals surface area contributed by atoms with E-state index in [-0.39, 0.29) is 5.78 Å². The number of carbonyl (C=O) groups excluding carboxylic acids is 1. The first-order valence-electron chi connectivity index (χ1n) is 6.14. The molecular formula is C15H12N2O4. The number of carboxylic acid groups (broad SMARTS) is 1. The van der Waals surface area contributed by atoms with Gasteiger partial charge in [-0.1, -0.05) is 30.3 Å². The van der Waals surface area contributed by atoms with E-state index in [4.69, 9.17) is 5.11 Å². The van der Waals surface area contributed by atoms with Crippen molar-refractivity contribution in [1.29, 1.82) is 0 Å². The minimum atomic E-state index is -1.17. The van der Waals surface area contributed by atoms with Crippen LogP contribution in [0, 0.1) is 4.91 Å². The summed E-state index contributed by atoms with van der Waals surface area (Å²) in [6.07, 6.45) is 0. The number of hydrogen-bond donors (Lipinski definition) is 1. The van der Waals surface area contributed by atoms with Crippen molar-refractivity contribution in [2.24, 2.45) is 5.29 Å². The van der Waals surface area contributed by atoms with E-state index in [9.17, 15) is 14.5 Å². The fourth-order valence-electron chi connectivity index (χ4n) is 1.84. The molecule has 0 amide bonds. The first-order valence-corrected chi connectivity index (χ1v) is 6.14. The first kappa shape index (κ1) is 14.4. The minimum absolute atomic E-state index is 0.147. The number of carboxylic acids is 1. The second-order valence-electron chi connectivity index (χ2n) is 4.28. The summed E-state index contributed by atoms with van der Waals surface area (Å²) in [5, 5.41) is 12.1. The SMILES string of the molecule is O=NN(CC(=O)O)c1ccc(C(=O)c2ccccc2)cc1. The molecule has 0 aliphatic heterocycles. The van der Waals surface area contributed by atoms with E-state index in [1.54, 1.807) is 24.3 Å². The van der Waals surface area contributed by atoms with Gasteiger partial charge in [0.1, 0.15) is 6.54 Å². The number of aliphatic carboxylic acids is 1. The van der Waals surface area contributed by atoms with Gasteiger partial charge >= 0.3 is 5.97 Å². The van der Waals surface area contributed by atoms with Gasteiger partial charge in [-0.25, -0.2) is 5.01 Å². The summed E-state index contributed by atoms with van der Waals surface area (Å²) in [5.74, 6) is -1.31. The molecule has 2 aromatic rings. The number of anilines is 1. The Morgan fingerprint density at radius 2 is 1.52 bits per heavy atom. The van der Waals surface area contributed by atoms with Gasteiger partial charge in [0.2, 0.25) is 0 Å². The third-order valence-corrected chi connectivity index (χ3v) is 2.85. The molecule has 0 fully saturated rings. The lowest BCUT2D eigenvalue weighted by atomic mass is 10.0. The van der Waals surface area contributed by atoms with Crippen LogP contribution in [0.5, 0.6) is 0 Å². The van der Waals surface area contributed by atoms with Gasteiger partial charge in [0, 0.05) is 11.1 Å². The van der Waals surface area contributed by atoms with Gasteiger partial charge in [-0.2, -0.15) is 0 Å². The molecule has 1 N–H and O–H groups in total. The van der Waals surface area contributed by atoms with E-state index in [0.29, 0.717) is 16.8 Å². The first-order chi connectivity index (χ1) is 10.1. The number of nitrogens with zero attached hydrogens (tertiary/aromatic N) is 2. The predicted molar refractivity (Wildman–Crippen MR) is 77.1 cm³/mol. The fourth-order valence-corrected chi connectivity index (χ4v) is 1.84. The summed E-state index contributed by atoms with van der Waals surface area (Å²) in [7, 11) is 0. The highest BCUT2D eigenvalue weighted by atomic mass is 16.4. The number of ketones is 1. The smallest absolute Gasteiger partial charge is 0.325 e. The summed E-state index contributed by atoms with van der Waals surface area (Å²) >= 11 is 0. The molecule has 0 radical (unpaired) electrons. The third kappa shape index (κ3) is 3.50. The summed E-state index contributed by atoms with van der Waals surface area (Å²) < 4.78 is 0. The molecule has 0 atom stereocenters. The van der Waals surface area contributed by atoms with Crippen molar-refractivity contribution in [3.05, 3.63) is 70.6 Å². The van der Waals surface area contributed by atoms with E-state index in [1.165, 1.54) is 24.3 Å². The minimum Gasteiger partial charge on any atom is -0.480 e. The summed E-state index contributed by atoms with van der Waals surface area (Å²) in [6, 6.07) is 14.8. The van der Waals surface area contributed by atoms with Gasteiger partial charge in [0.15, 0.2) is 5.78 Å². The molecule has 6 heteroatoms. The molecule has 2 aromatic carbocycles. The Hall–Kier alpha value is -3.02. The Balaban J connectivity index is 2.20. The molecule has 0 aliphatic carbocycles. The molecule has 106 valence electrons. The Bertz CT molecular complexity index is 653. The molecule has 6 nitrogen and oxygen atoms in total. The topological polar surface area (TPSA) is 87.0 Å². The Morgan fingerprint density at radius 3 is 2.05 bits per heavy atom. The van der Waals surface area contributed by atoms with Crippen LogP contribution in [-0.4, -0.2) is 23.4 Å². The second kappa shape index (κ2) is 6.42. The number of benzene rings is 2. The highest BCUT2D eigenvalue weighted by Crippen LogP contribution is 2.17. The van der Waals surface area contributed by atoms with Crippen LogP contribution in [0.3, 0.4) is 0 Å². The monoisotopic (exact) mass is 284 g/mol. The van der Waals surface area contributed by atoms with Crippen LogP contribution in [0.1, 0.15) is 15.9 Å². The van der Waals surface area contributed by atoms with Crippen molar-refractivity contribution in [3.63, 3.8) is 0 Å². The average molecular weight is 284 g/mol. The lowest BCUT2D eigenvalue weighted by molar-refractivity contribution is -0.135. The van der Waals surface area contributed by atoms with Gasteiger partial charge < -0.3 is 5.11 Å². The zero-order valence-electron chi connectivity index (χ0n) is 11.0. The maximum absolute atomic E-state index is 12.2. The van der Waals surface area contributed by atoms with Crippen molar-refractivity contribution in [2.45, 2.75) is 0 Å². The third-order valence-electron chi connectivity index (χ3n) is 2.85. The Labute approximate surface area is 120 Å². The highest BCUT2D eigenvalue weighted by molar-refractivity contribution is 6.09. The van der Waals surface area contributed by atoms with Crippen LogP contribution in [0.2, 0.25) is 0 Å². The zero-order valence-corrected chi connectivity index (χ0v) is 11.0. The van der Waals surface area contributed by atoms with Crippen molar-refractivity contribution >= 4 is 17.4 Å². The van der Waals surface area contributed by atoms with Crippen LogP contribution >= 0.6 is 0 Å². The molecule has 0 heterocycles. The van der Waals surface area contributed by atoms with E-state index in [1.807, 2.05) is 6.07 Å². The molecule has 0 unspecified atom stereocenters. The molecule has 0 aromatic heterocycles. The summed E-state index contributed by atoms with van der Waals surface area (Å²) in [4.78, 5) is 33.4. The Kier molecular flexibility index (Phi) is 4.40. The van der Waals surface area contributed by atoms with Crippen LogP contribution < -0.4 is 5.01 Å². The normalized spacial score (nSPS) is 9.90. The summed E-state index contributed by atoms with van der Waals surface area (Å²) in [6.45, 7) is -0.532. The fraction of sp³-hybridized carbons (Fsp3) is 0.0667. The van der Waals surface area contributed by atoms with Gasteiger partial charge in [0.25, 0.3) is 0 Å². The molecule has 0 saturated carbocycles. The average Bonchev–Trinajstić information content (AvgIpc) is 2.53. The van der Waals surface area contributed by atoms with Crippen molar-refractivity contribution in [1.82, 2.24) is 0 Å². The number of hydrogen-bond acceptors (Lipinski definition) is 4. The maximum Gasteiger partial charge on any atom is 0.325 e. The van der Waals surface area contributed by atoms with Gasteiger partial charge in [0.05, 0.1) is 11.0 Å². The summed E-state index contributed by atoms with van der Waals surface area (Å²) in [5.41, 5.74) is 1.32. The van der Waals surface area contributed by atoms with Crippen LogP contribution in [0.4, 0.5) is 5.69 Å². The molecule has 0 spiro atoms. The zero-order chi connectivity index (χ0) is 15.2. The Morgan fingerprint density at radius 1 is 0.952 bits per heavy atom. The molecular weight excluding hydrogens is 272 g/mol. The molecule has 2 rings (SSSR count). The lowest BCUT2D eigenvalue weighted by Gasteiger charge is -2.12. The highest BCUT2D eigenvalue weighted by Gasteiger charge is 2.13. The molecule has 0 aliphatic rings. The van der Waals surface area contributed by atoms with E-state index in [0.717, 1.165) is 5.01 Å². The number of nitroso groups, excluding NO2 is 1. The van der Waals surface area contributed by atoms with Gasteiger partial charge in [-0.15, -0.1) is 4.91 Å².